The van der Waals surface area contributed by atoms with Crippen molar-refractivity contribution in [3.63, 3.8) is 0 Å². The summed E-state index contributed by atoms with van der Waals surface area (Å²) in [5, 5.41) is 17.9. The van der Waals surface area contributed by atoms with E-state index in [-0.39, 0.29) is 22.0 Å². The lowest BCUT2D eigenvalue weighted by Crippen LogP contribution is -2.19. The van der Waals surface area contributed by atoms with Crippen molar-refractivity contribution in [1.82, 2.24) is 0 Å². The number of aromatic carboxylic acids is 1. The molecule has 0 aliphatic heterocycles. The molecule has 21 heavy (non-hydrogen) atoms. The van der Waals surface area contributed by atoms with Gasteiger partial charge in [-0.05, 0) is 17.5 Å². The second-order valence-corrected chi connectivity index (χ2v) is 5.12. The number of anilines is 2. The van der Waals surface area contributed by atoms with E-state index >= 15 is 0 Å². The van der Waals surface area contributed by atoms with Gasteiger partial charge in [0, 0.05) is 11.4 Å². The molecule has 0 aliphatic rings. The molecule has 2 rings (SSSR count). The molecule has 0 spiro atoms. The summed E-state index contributed by atoms with van der Waals surface area (Å²) in [7, 11) is 1.34. The highest BCUT2D eigenvalue weighted by Crippen LogP contribution is 2.31. The summed E-state index contributed by atoms with van der Waals surface area (Å²) in [4.78, 5) is 22.9. The van der Waals surface area contributed by atoms with Gasteiger partial charge in [0.15, 0.2) is 0 Å². The third-order valence-electron chi connectivity index (χ3n) is 2.55. The van der Waals surface area contributed by atoms with Gasteiger partial charge in [0.25, 0.3) is 0 Å². The number of ether oxygens (including phenoxy) is 1. The van der Waals surface area contributed by atoms with E-state index in [4.69, 9.17) is 21.4 Å². The van der Waals surface area contributed by atoms with E-state index in [1.807, 2.05) is 5.38 Å². The van der Waals surface area contributed by atoms with E-state index in [0.29, 0.717) is 5.69 Å². The van der Waals surface area contributed by atoms with Gasteiger partial charge in [-0.2, -0.15) is 11.3 Å². The highest BCUT2D eigenvalue weighted by Gasteiger charge is 2.16. The van der Waals surface area contributed by atoms with Crippen molar-refractivity contribution in [1.29, 1.82) is 0 Å². The lowest BCUT2D eigenvalue weighted by atomic mass is 10.2. The third-order valence-corrected chi connectivity index (χ3v) is 3.54. The molecule has 2 amide bonds. The molecule has 0 saturated carbocycles. The first-order valence-corrected chi connectivity index (χ1v) is 7.04. The number of nitrogens with one attached hydrogen (secondary N) is 2. The molecule has 3 N–H and O–H groups in total. The van der Waals surface area contributed by atoms with Crippen LogP contribution in [0.15, 0.2) is 29.0 Å². The zero-order valence-electron chi connectivity index (χ0n) is 10.8. The zero-order valence-corrected chi connectivity index (χ0v) is 12.4. The van der Waals surface area contributed by atoms with Crippen LogP contribution in [0.4, 0.5) is 16.2 Å². The summed E-state index contributed by atoms with van der Waals surface area (Å²) < 4.78 is 4.98. The highest BCUT2D eigenvalue weighted by atomic mass is 35.5. The van der Waals surface area contributed by atoms with Crippen molar-refractivity contribution < 1.29 is 19.4 Å². The number of hydrogen-bond donors (Lipinski definition) is 3. The molecule has 0 unspecified atom stereocenters. The van der Waals surface area contributed by atoms with Gasteiger partial charge in [0.05, 0.1) is 23.5 Å². The molecule has 0 bridgehead atoms. The molecule has 1 aromatic carbocycles. The maximum atomic E-state index is 11.8. The number of hydrogen-bond acceptors (Lipinski definition) is 4. The van der Waals surface area contributed by atoms with Crippen LogP contribution in [0.1, 0.15) is 10.4 Å². The van der Waals surface area contributed by atoms with Gasteiger partial charge in [-0.1, -0.05) is 11.6 Å². The molecule has 8 heteroatoms. The first-order chi connectivity index (χ1) is 10.0. The van der Waals surface area contributed by atoms with Crippen molar-refractivity contribution in [3.8, 4) is 5.75 Å². The first-order valence-electron chi connectivity index (χ1n) is 5.72. The Kier molecular flexibility index (Phi) is 4.66. The number of rotatable bonds is 4. The van der Waals surface area contributed by atoms with E-state index in [1.165, 1.54) is 30.6 Å². The molecule has 0 atom stereocenters. The number of carbonyl (C=O) groups excluding carboxylic acids is 1. The monoisotopic (exact) mass is 326 g/mol. The van der Waals surface area contributed by atoms with Gasteiger partial charge in [0.1, 0.15) is 11.3 Å². The molecule has 6 nitrogen and oxygen atoms in total. The van der Waals surface area contributed by atoms with Crippen molar-refractivity contribution in [2.24, 2.45) is 0 Å². The van der Waals surface area contributed by atoms with Crippen molar-refractivity contribution in [3.05, 3.63) is 39.5 Å². The Balaban J connectivity index is 2.20. The summed E-state index contributed by atoms with van der Waals surface area (Å²) in [5.41, 5.74) is 0.834. The van der Waals surface area contributed by atoms with Crippen molar-refractivity contribution >= 4 is 46.3 Å². The number of thiophene rings is 1. The minimum Gasteiger partial charge on any atom is -0.496 e. The van der Waals surface area contributed by atoms with Gasteiger partial charge in [-0.3, -0.25) is 0 Å². The Hall–Kier alpha value is -2.25. The quantitative estimate of drug-likeness (QED) is 0.798. The lowest BCUT2D eigenvalue weighted by Gasteiger charge is -2.11. The van der Waals surface area contributed by atoms with E-state index in [1.54, 1.807) is 11.4 Å². The predicted octanol–water partition coefficient (Wildman–Crippen LogP) is 3.75. The van der Waals surface area contributed by atoms with Crippen LogP contribution in [-0.2, 0) is 0 Å². The average molecular weight is 327 g/mol. The summed E-state index contributed by atoms with van der Waals surface area (Å²) in [6, 6.07) is 3.85. The topological polar surface area (TPSA) is 87.7 Å². The summed E-state index contributed by atoms with van der Waals surface area (Å²) in [5.74, 6) is -1.05. The van der Waals surface area contributed by atoms with Gasteiger partial charge in [-0.15, -0.1) is 0 Å². The predicted molar refractivity (Wildman–Crippen MR) is 81.9 cm³/mol. The maximum absolute atomic E-state index is 11.8. The fourth-order valence-corrected chi connectivity index (χ4v) is 2.40. The molecule has 1 heterocycles. The molecule has 0 fully saturated rings. The Morgan fingerprint density at radius 3 is 2.67 bits per heavy atom. The van der Waals surface area contributed by atoms with Crippen LogP contribution in [0.5, 0.6) is 5.75 Å². The highest BCUT2D eigenvalue weighted by molar-refractivity contribution is 7.08. The van der Waals surface area contributed by atoms with Gasteiger partial charge < -0.3 is 20.5 Å². The third kappa shape index (κ3) is 3.65. The molecule has 110 valence electrons. The van der Waals surface area contributed by atoms with E-state index in [0.717, 1.165) is 0 Å². The van der Waals surface area contributed by atoms with E-state index < -0.39 is 12.0 Å². The number of urea groups is 1. The molecule has 0 aliphatic carbocycles. The fraction of sp³-hybridized carbons (Fsp3) is 0.0769. The number of carboxylic acids is 1. The molecular formula is C13H11ClN2O4S. The van der Waals surface area contributed by atoms with E-state index in [2.05, 4.69) is 10.6 Å². The molecule has 0 radical (unpaired) electrons. The van der Waals surface area contributed by atoms with E-state index in [9.17, 15) is 9.59 Å². The van der Waals surface area contributed by atoms with Crippen molar-refractivity contribution in [2.75, 3.05) is 17.7 Å². The summed E-state index contributed by atoms with van der Waals surface area (Å²) in [6.45, 7) is 0. The lowest BCUT2D eigenvalue weighted by molar-refractivity contribution is 0.0693. The minimum atomic E-state index is -1.16. The summed E-state index contributed by atoms with van der Waals surface area (Å²) in [6.07, 6.45) is 0. The number of carboxylic acid groups (broad SMARTS) is 1. The normalized spacial score (nSPS) is 10.0. The fourth-order valence-electron chi connectivity index (χ4n) is 1.61. The van der Waals surface area contributed by atoms with Crippen LogP contribution in [0.2, 0.25) is 5.02 Å². The molecular weight excluding hydrogens is 316 g/mol. The molecule has 0 saturated heterocycles. The first kappa shape index (κ1) is 15.1. The second-order valence-electron chi connectivity index (χ2n) is 3.93. The van der Waals surface area contributed by atoms with Crippen LogP contribution in [-0.4, -0.2) is 24.2 Å². The number of carbonyl (C=O) groups is 2. The van der Waals surface area contributed by atoms with Gasteiger partial charge in [-0.25, -0.2) is 9.59 Å². The van der Waals surface area contributed by atoms with Crippen molar-refractivity contribution in [2.45, 2.75) is 0 Å². The zero-order chi connectivity index (χ0) is 15.4. The standard InChI is InChI=1S/C13H11ClN2O4S/c1-20-11-5-10(9(14)4-8(11)12(17)18)16-13(19)15-7-2-3-21-6-7/h2-6H,1H3,(H,17,18)(H2,15,16,19). The van der Waals surface area contributed by atoms with Crippen LogP contribution in [0, 0.1) is 0 Å². The Bertz CT molecular complexity index is 673. The SMILES string of the molecule is COc1cc(NC(=O)Nc2ccsc2)c(Cl)cc1C(=O)O. The average Bonchev–Trinajstić information content (AvgIpc) is 2.93. The Morgan fingerprint density at radius 2 is 2.10 bits per heavy atom. The largest absolute Gasteiger partial charge is 0.496 e. The molecule has 1 aromatic heterocycles. The second kappa shape index (κ2) is 6.47. The minimum absolute atomic E-state index is 0.0775. The van der Waals surface area contributed by atoms with Crippen LogP contribution >= 0.6 is 22.9 Å². The Labute approximate surface area is 129 Å². The van der Waals surface area contributed by atoms with Gasteiger partial charge in [0.2, 0.25) is 0 Å². The number of benzene rings is 1. The van der Waals surface area contributed by atoms with Crippen LogP contribution in [0.3, 0.4) is 0 Å². The maximum Gasteiger partial charge on any atom is 0.339 e. The number of amides is 2. The van der Waals surface area contributed by atoms with Gasteiger partial charge >= 0.3 is 12.0 Å². The number of methoxy groups -OCH3 is 1. The van der Waals surface area contributed by atoms with Crippen LogP contribution < -0.4 is 15.4 Å². The number of halogens is 1. The summed E-state index contributed by atoms with van der Waals surface area (Å²) >= 11 is 7.42. The Morgan fingerprint density at radius 1 is 1.33 bits per heavy atom. The molecule has 2 aromatic rings. The smallest absolute Gasteiger partial charge is 0.339 e. The van der Waals surface area contributed by atoms with Crippen LogP contribution in [0.25, 0.3) is 0 Å².